The third-order valence-electron chi connectivity index (χ3n) is 2.48. The van der Waals surface area contributed by atoms with E-state index >= 15 is 0 Å². The number of rotatable bonds is 4. The monoisotopic (exact) mass is 266 g/mol. The number of nitrogens with one attached hydrogen (secondary N) is 2. The number of urea groups is 1. The first-order valence-electron chi connectivity index (χ1n) is 5.68. The molecule has 0 saturated heterocycles. The molecule has 0 fully saturated rings. The van der Waals surface area contributed by atoms with Gasteiger partial charge < -0.3 is 5.32 Å². The highest BCUT2D eigenvalue weighted by molar-refractivity contribution is 7.99. The van der Waals surface area contributed by atoms with Crippen molar-refractivity contribution in [3.8, 4) is 0 Å². The molecule has 5 heteroatoms. The van der Waals surface area contributed by atoms with E-state index in [0.29, 0.717) is 0 Å². The summed E-state index contributed by atoms with van der Waals surface area (Å²) in [5.41, 5.74) is 3.67. The van der Waals surface area contributed by atoms with Gasteiger partial charge in [-0.1, -0.05) is 23.8 Å². The fraction of sp³-hybridized carbons (Fsp3) is 0.385. The van der Waals surface area contributed by atoms with Gasteiger partial charge in [-0.15, -0.1) is 11.8 Å². The van der Waals surface area contributed by atoms with E-state index < -0.39 is 6.03 Å². The summed E-state index contributed by atoms with van der Waals surface area (Å²) in [6.07, 6.45) is 0. The molecule has 1 aromatic carbocycles. The summed E-state index contributed by atoms with van der Waals surface area (Å²) in [6.45, 7) is 4.10. The van der Waals surface area contributed by atoms with Crippen LogP contribution in [0.1, 0.15) is 16.7 Å². The molecule has 18 heavy (non-hydrogen) atoms. The zero-order valence-electron chi connectivity index (χ0n) is 10.9. The number of benzene rings is 1. The van der Waals surface area contributed by atoms with Gasteiger partial charge in [0.05, 0.1) is 5.75 Å². The number of aryl methyl sites for hydroxylation is 2. The molecule has 0 aliphatic carbocycles. The number of hydrogen-bond donors (Lipinski definition) is 2. The van der Waals surface area contributed by atoms with Gasteiger partial charge in [-0.05, 0) is 25.0 Å². The van der Waals surface area contributed by atoms with Crippen LogP contribution in [0.3, 0.4) is 0 Å². The first kappa shape index (κ1) is 14.6. The van der Waals surface area contributed by atoms with Crippen molar-refractivity contribution in [3.05, 3.63) is 34.9 Å². The van der Waals surface area contributed by atoms with E-state index in [0.717, 1.165) is 5.75 Å². The minimum absolute atomic E-state index is 0.273. The minimum Gasteiger partial charge on any atom is -0.341 e. The molecule has 0 spiro atoms. The lowest BCUT2D eigenvalue weighted by molar-refractivity contribution is -0.117. The molecule has 0 aromatic heterocycles. The van der Waals surface area contributed by atoms with Crippen LogP contribution in [-0.4, -0.2) is 24.7 Å². The van der Waals surface area contributed by atoms with Crippen molar-refractivity contribution >= 4 is 23.7 Å². The number of hydrogen-bond acceptors (Lipinski definition) is 3. The van der Waals surface area contributed by atoms with E-state index in [1.165, 1.54) is 35.5 Å². The highest BCUT2D eigenvalue weighted by Gasteiger charge is 2.06. The highest BCUT2D eigenvalue weighted by Crippen LogP contribution is 2.17. The van der Waals surface area contributed by atoms with Gasteiger partial charge in [-0.3, -0.25) is 10.1 Å². The highest BCUT2D eigenvalue weighted by atomic mass is 32.2. The smallest absolute Gasteiger partial charge is 0.321 e. The molecule has 2 N–H and O–H groups in total. The fourth-order valence-electron chi connectivity index (χ4n) is 1.43. The molecular formula is C13H18N2O2S. The molecule has 0 aliphatic rings. The van der Waals surface area contributed by atoms with Gasteiger partial charge in [0.2, 0.25) is 5.91 Å². The fourth-order valence-corrected chi connectivity index (χ4v) is 2.33. The van der Waals surface area contributed by atoms with Crippen LogP contribution in [-0.2, 0) is 10.5 Å². The number of imide groups is 1. The van der Waals surface area contributed by atoms with Crippen molar-refractivity contribution in [1.29, 1.82) is 0 Å². The second-order valence-corrected chi connectivity index (χ2v) is 5.04. The summed E-state index contributed by atoms with van der Waals surface area (Å²) in [7, 11) is 1.48. The Morgan fingerprint density at radius 3 is 2.67 bits per heavy atom. The number of amides is 3. The summed E-state index contributed by atoms with van der Waals surface area (Å²) < 4.78 is 0. The third kappa shape index (κ3) is 4.79. The summed E-state index contributed by atoms with van der Waals surface area (Å²) >= 11 is 1.50. The Hall–Kier alpha value is -1.49. The summed E-state index contributed by atoms with van der Waals surface area (Å²) in [4.78, 5) is 22.3. The van der Waals surface area contributed by atoms with Crippen LogP contribution >= 0.6 is 11.8 Å². The zero-order chi connectivity index (χ0) is 13.5. The summed E-state index contributed by atoms with van der Waals surface area (Å²) in [5, 5.41) is 4.57. The lowest BCUT2D eigenvalue weighted by Crippen LogP contribution is -2.38. The Kier molecular flexibility index (Phi) is 5.71. The van der Waals surface area contributed by atoms with Crippen molar-refractivity contribution in [1.82, 2.24) is 10.6 Å². The van der Waals surface area contributed by atoms with Crippen molar-refractivity contribution in [3.63, 3.8) is 0 Å². The van der Waals surface area contributed by atoms with E-state index in [1.807, 2.05) is 6.92 Å². The van der Waals surface area contributed by atoms with Crippen molar-refractivity contribution in [2.45, 2.75) is 19.6 Å². The van der Waals surface area contributed by atoms with E-state index in [2.05, 4.69) is 35.8 Å². The number of thioether (sulfide) groups is 1. The lowest BCUT2D eigenvalue weighted by Gasteiger charge is -2.07. The molecule has 1 rings (SSSR count). The first-order valence-corrected chi connectivity index (χ1v) is 6.84. The van der Waals surface area contributed by atoms with Crippen LogP contribution in [0.15, 0.2) is 18.2 Å². The molecule has 1 aromatic rings. The van der Waals surface area contributed by atoms with Gasteiger partial charge >= 0.3 is 6.03 Å². The van der Waals surface area contributed by atoms with Crippen LogP contribution < -0.4 is 10.6 Å². The van der Waals surface area contributed by atoms with E-state index in [9.17, 15) is 9.59 Å². The van der Waals surface area contributed by atoms with Gasteiger partial charge in [0.25, 0.3) is 0 Å². The topological polar surface area (TPSA) is 58.2 Å². The Balaban J connectivity index is 2.39. The molecular weight excluding hydrogens is 248 g/mol. The second-order valence-electron chi connectivity index (χ2n) is 4.05. The average Bonchev–Trinajstić information content (AvgIpc) is 2.33. The molecule has 0 unspecified atom stereocenters. The van der Waals surface area contributed by atoms with Gasteiger partial charge in [0, 0.05) is 12.8 Å². The summed E-state index contributed by atoms with van der Waals surface area (Å²) in [6, 6.07) is 5.81. The Morgan fingerprint density at radius 1 is 1.28 bits per heavy atom. The normalized spacial score (nSPS) is 9.94. The Morgan fingerprint density at radius 2 is 2.00 bits per heavy atom. The first-order chi connectivity index (χ1) is 8.52. The molecule has 0 heterocycles. The Bertz CT molecular complexity index is 447. The number of carbonyl (C=O) groups excluding carboxylic acids is 2. The van der Waals surface area contributed by atoms with Crippen LogP contribution in [0.4, 0.5) is 4.79 Å². The SMILES string of the molecule is CNC(=O)NC(=O)CSCc1cc(C)ccc1C. The van der Waals surface area contributed by atoms with Gasteiger partial charge in [-0.25, -0.2) is 4.79 Å². The maximum Gasteiger partial charge on any atom is 0.321 e. The Labute approximate surface area is 112 Å². The molecule has 98 valence electrons. The standard InChI is InChI=1S/C13H18N2O2S/c1-9-4-5-10(2)11(6-9)7-18-8-12(16)15-13(17)14-3/h4-6H,7-8H2,1-3H3,(H2,14,15,16,17). The molecule has 0 bridgehead atoms. The summed E-state index contributed by atoms with van der Waals surface area (Å²) in [5.74, 6) is 0.778. The van der Waals surface area contributed by atoms with Crippen LogP contribution in [0.25, 0.3) is 0 Å². The zero-order valence-corrected chi connectivity index (χ0v) is 11.7. The van der Waals surface area contributed by atoms with Crippen molar-refractivity contribution in [2.75, 3.05) is 12.8 Å². The van der Waals surface area contributed by atoms with E-state index in [4.69, 9.17) is 0 Å². The number of carbonyl (C=O) groups is 2. The van der Waals surface area contributed by atoms with Gasteiger partial charge in [0.1, 0.15) is 0 Å². The molecule has 0 atom stereocenters. The maximum atomic E-state index is 11.4. The van der Waals surface area contributed by atoms with E-state index in [-0.39, 0.29) is 11.7 Å². The largest absolute Gasteiger partial charge is 0.341 e. The molecule has 3 amide bonds. The van der Waals surface area contributed by atoms with Crippen LogP contribution in [0.2, 0.25) is 0 Å². The average molecular weight is 266 g/mol. The maximum absolute atomic E-state index is 11.4. The predicted octanol–water partition coefficient (Wildman–Crippen LogP) is 1.99. The van der Waals surface area contributed by atoms with Crippen molar-refractivity contribution in [2.24, 2.45) is 0 Å². The predicted molar refractivity (Wildman–Crippen MR) is 74.7 cm³/mol. The minimum atomic E-state index is -0.465. The third-order valence-corrected chi connectivity index (χ3v) is 3.46. The molecule has 4 nitrogen and oxygen atoms in total. The second kappa shape index (κ2) is 7.06. The molecule has 0 aliphatic heterocycles. The van der Waals surface area contributed by atoms with Gasteiger partial charge in [-0.2, -0.15) is 0 Å². The van der Waals surface area contributed by atoms with Crippen molar-refractivity contribution < 1.29 is 9.59 Å². The van der Waals surface area contributed by atoms with Gasteiger partial charge in [0.15, 0.2) is 0 Å². The lowest BCUT2D eigenvalue weighted by atomic mass is 10.1. The quantitative estimate of drug-likeness (QED) is 0.876. The van der Waals surface area contributed by atoms with Crippen LogP contribution in [0.5, 0.6) is 0 Å². The molecule has 0 saturated carbocycles. The molecule has 0 radical (unpaired) electrons. The van der Waals surface area contributed by atoms with E-state index in [1.54, 1.807) is 0 Å². The van der Waals surface area contributed by atoms with Crippen LogP contribution in [0, 0.1) is 13.8 Å².